The first-order valence-electron chi connectivity index (χ1n) is 6.68. The summed E-state index contributed by atoms with van der Waals surface area (Å²) in [5.74, 6) is 0. The molecule has 0 amide bonds. The minimum atomic E-state index is 0.365. The molecule has 0 aromatic heterocycles. The fourth-order valence-electron chi connectivity index (χ4n) is 3.30. The van der Waals surface area contributed by atoms with E-state index in [1.807, 2.05) is 0 Å². The molecule has 0 aromatic rings. The normalized spacial score (nSPS) is 25.4. The monoisotopic (exact) mass is 211 g/mol. The van der Waals surface area contributed by atoms with Crippen molar-refractivity contribution in [1.29, 1.82) is 0 Å². The van der Waals surface area contributed by atoms with E-state index in [0.717, 1.165) is 11.8 Å². The van der Waals surface area contributed by atoms with Gasteiger partial charge < -0.3 is 10.0 Å². The minimum Gasteiger partial charge on any atom is -0.396 e. The standard InChI is InChI=1S/C13H25NO/c15-10-6-2-5-9-14-11-13(12-14)7-3-1-4-8-13/h15H,1-12H2. The number of aliphatic hydroxyl groups excluding tert-OH is 1. The van der Waals surface area contributed by atoms with E-state index in [2.05, 4.69) is 4.90 Å². The molecule has 0 radical (unpaired) electrons. The second-order valence-electron chi connectivity index (χ2n) is 5.56. The Hall–Kier alpha value is -0.0800. The lowest BCUT2D eigenvalue weighted by molar-refractivity contribution is -0.0285. The molecule has 1 saturated carbocycles. The van der Waals surface area contributed by atoms with E-state index >= 15 is 0 Å². The van der Waals surface area contributed by atoms with Crippen molar-refractivity contribution in [3.63, 3.8) is 0 Å². The SMILES string of the molecule is OCCCCCN1CC2(CCCCC2)C1. The highest BCUT2D eigenvalue weighted by Gasteiger charge is 2.42. The summed E-state index contributed by atoms with van der Waals surface area (Å²) < 4.78 is 0. The molecule has 2 nitrogen and oxygen atoms in total. The number of aliphatic hydroxyl groups is 1. The third kappa shape index (κ3) is 2.94. The lowest BCUT2D eigenvalue weighted by Gasteiger charge is -2.52. The van der Waals surface area contributed by atoms with E-state index in [4.69, 9.17) is 5.11 Å². The number of likely N-dealkylation sites (tertiary alicyclic amines) is 1. The Morgan fingerprint density at radius 1 is 0.933 bits per heavy atom. The van der Waals surface area contributed by atoms with Gasteiger partial charge in [-0.1, -0.05) is 19.3 Å². The van der Waals surface area contributed by atoms with Crippen LogP contribution in [0.15, 0.2) is 0 Å². The summed E-state index contributed by atoms with van der Waals surface area (Å²) >= 11 is 0. The molecule has 0 aromatic carbocycles. The van der Waals surface area contributed by atoms with Crippen LogP contribution >= 0.6 is 0 Å². The second kappa shape index (κ2) is 5.31. The first kappa shape index (κ1) is 11.4. The molecule has 2 aliphatic rings. The van der Waals surface area contributed by atoms with Crippen molar-refractivity contribution in [3.8, 4) is 0 Å². The maximum atomic E-state index is 8.69. The van der Waals surface area contributed by atoms with Gasteiger partial charge >= 0.3 is 0 Å². The van der Waals surface area contributed by atoms with Crippen LogP contribution < -0.4 is 0 Å². The average Bonchev–Trinajstić information content (AvgIpc) is 2.23. The smallest absolute Gasteiger partial charge is 0.0431 e. The Balaban J connectivity index is 1.56. The molecule has 0 bridgehead atoms. The van der Waals surface area contributed by atoms with Gasteiger partial charge in [0.25, 0.3) is 0 Å². The first-order valence-corrected chi connectivity index (χ1v) is 6.68. The molecule has 0 unspecified atom stereocenters. The summed E-state index contributed by atoms with van der Waals surface area (Å²) in [5.41, 5.74) is 0.745. The van der Waals surface area contributed by atoms with E-state index in [1.165, 1.54) is 64.6 Å². The van der Waals surface area contributed by atoms with Crippen LogP contribution in [-0.4, -0.2) is 36.2 Å². The fraction of sp³-hybridized carbons (Fsp3) is 1.00. The number of hydrogen-bond acceptors (Lipinski definition) is 2. The predicted octanol–water partition coefficient (Wildman–Crippen LogP) is 2.42. The average molecular weight is 211 g/mol. The summed E-state index contributed by atoms with van der Waals surface area (Å²) in [7, 11) is 0. The molecule has 1 N–H and O–H groups in total. The lowest BCUT2D eigenvalue weighted by atomic mass is 9.68. The van der Waals surface area contributed by atoms with E-state index in [-0.39, 0.29) is 0 Å². The van der Waals surface area contributed by atoms with E-state index in [1.54, 1.807) is 0 Å². The predicted molar refractivity (Wildman–Crippen MR) is 62.9 cm³/mol. The molecule has 1 saturated heterocycles. The van der Waals surface area contributed by atoms with Gasteiger partial charge in [-0.3, -0.25) is 0 Å². The van der Waals surface area contributed by atoms with Crippen LogP contribution in [0.4, 0.5) is 0 Å². The van der Waals surface area contributed by atoms with E-state index < -0.39 is 0 Å². The Morgan fingerprint density at radius 2 is 1.67 bits per heavy atom. The van der Waals surface area contributed by atoms with Gasteiger partial charge in [0.1, 0.15) is 0 Å². The minimum absolute atomic E-state index is 0.365. The molecule has 2 heteroatoms. The molecule has 1 spiro atoms. The number of unbranched alkanes of at least 4 members (excludes halogenated alkanes) is 2. The highest BCUT2D eigenvalue weighted by Crippen LogP contribution is 2.43. The van der Waals surface area contributed by atoms with Crippen LogP contribution in [0.1, 0.15) is 51.4 Å². The summed E-state index contributed by atoms with van der Waals surface area (Å²) in [6, 6.07) is 0. The molecule has 1 aliphatic heterocycles. The largest absolute Gasteiger partial charge is 0.396 e. The zero-order valence-corrected chi connectivity index (χ0v) is 9.88. The van der Waals surface area contributed by atoms with Crippen molar-refractivity contribution in [1.82, 2.24) is 4.90 Å². The molecular formula is C13H25NO. The highest BCUT2D eigenvalue weighted by atomic mass is 16.2. The van der Waals surface area contributed by atoms with Crippen molar-refractivity contribution < 1.29 is 5.11 Å². The van der Waals surface area contributed by atoms with Crippen molar-refractivity contribution in [2.45, 2.75) is 51.4 Å². The Morgan fingerprint density at radius 3 is 2.33 bits per heavy atom. The third-order valence-electron chi connectivity index (χ3n) is 4.16. The van der Waals surface area contributed by atoms with Gasteiger partial charge in [-0.05, 0) is 44.1 Å². The summed E-state index contributed by atoms with van der Waals surface area (Å²) in [4.78, 5) is 2.61. The molecule has 1 heterocycles. The van der Waals surface area contributed by atoms with Gasteiger partial charge in [0.15, 0.2) is 0 Å². The van der Waals surface area contributed by atoms with Crippen molar-refractivity contribution in [2.24, 2.45) is 5.41 Å². The van der Waals surface area contributed by atoms with Gasteiger partial charge in [-0.15, -0.1) is 0 Å². The van der Waals surface area contributed by atoms with E-state index in [9.17, 15) is 0 Å². The van der Waals surface area contributed by atoms with Crippen LogP contribution in [0.25, 0.3) is 0 Å². The molecule has 0 atom stereocenters. The van der Waals surface area contributed by atoms with Crippen molar-refractivity contribution >= 4 is 0 Å². The molecule has 15 heavy (non-hydrogen) atoms. The topological polar surface area (TPSA) is 23.5 Å². The van der Waals surface area contributed by atoms with Crippen LogP contribution in [0.3, 0.4) is 0 Å². The zero-order chi connectivity index (χ0) is 10.6. The van der Waals surface area contributed by atoms with E-state index in [0.29, 0.717) is 6.61 Å². The number of rotatable bonds is 5. The summed E-state index contributed by atoms with van der Waals surface area (Å²) in [6.07, 6.45) is 10.8. The van der Waals surface area contributed by atoms with Gasteiger partial charge in [0.2, 0.25) is 0 Å². The quantitative estimate of drug-likeness (QED) is 0.706. The Bertz CT molecular complexity index is 179. The summed E-state index contributed by atoms with van der Waals surface area (Å²) in [6.45, 7) is 4.37. The van der Waals surface area contributed by atoms with Crippen molar-refractivity contribution in [2.75, 3.05) is 26.2 Å². The Kier molecular flexibility index (Phi) is 4.04. The van der Waals surface area contributed by atoms with Crippen LogP contribution in [0.5, 0.6) is 0 Å². The highest BCUT2D eigenvalue weighted by molar-refractivity contribution is 4.96. The van der Waals surface area contributed by atoms with Crippen LogP contribution in [0.2, 0.25) is 0 Å². The molecule has 1 aliphatic carbocycles. The molecular weight excluding hydrogens is 186 g/mol. The number of nitrogens with zero attached hydrogens (tertiary/aromatic N) is 1. The molecule has 88 valence electrons. The lowest BCUT2D eigenvalue weighted by Crippen LogP contribution is -2.57. The summed E-state index contributed by atoms with van der Waals surface area (Å²) in [5, 5.41) is 8.69. The van der Waals surface area contributed by atoms with Crippen LogP contribution in [-0.2, 0) is 0 Å². The van der Waals surface area contributed by atoms with Gasteiger partial charge in [0, 0.05) is 19.7 Å². The van der Waals surface area contributed by atoms with Crippen LogP contribution in [0, 0.1) is 5.41 Å². The second-order valence-corrected chi connectivity index (χ2v) is 5.56. The molecule has 2 rings (SSSR count). The Labute approximate surface area is 93.7 Å². The van der Waals surface area contributed by atoms with Gasteiger partial charge in [-0.25, -0.2) is 0 Å². The maximum Gasteiger partial charge on any atom is 0.0431 e. The number of hydrogen-bond donors (Lipinski definition) is 1. The van der Waals surface area contributed by atoms with Gasteiger partial charge in [-0.2, -0.15) is 0 Å². The fourth-order valence-corrected chi connectivity index (χ4v) is 3.30. The first-order chi connectivity index (χ1) is 7.35. The van der Waals surface area contributed by atoms with Gasteiger partial charge in [0.05, 0.1) is 0 Å². The molecule has 2 fully saturated rings. The zero-order valence-electron chi connectivity index (χ0n) is 9.88. The maximum absolute atomic E-state index is 8.69. The third-order valence-corrected chi connectivity index (χ3v) is 4.16. The van der Waals surface area contributed by atoms with Crippen molar-refractivity contribution in [3.05, 3.63) is 0 Å².